The molecule has 1 fully saturated rings. The molecule has 0 aliphatic carbocycles. The van der Waals surface area contributed by atoms with Crippen molar-refractivity contribution in [2.24, 2.45) is 17.8 Å². The monoisotopic (exact) mass is 206 g/mol. The van der Waals surface area contributed by atoms with Gasteiger partial charge in [0.15, 0.2) is 0 Å². The summed E-state index contributed by atoms with van der Waals surface area (Å²) >= 11 is 0. The van der Waals surface area contributed by atoms with Gasteiger partial charge >= 0.3 is 0 Å². The zero-order valence-electron chi connectivity index (χ0n) is 10.3. The molecule has 2 nitrogen and oxygen atoms in total. The Morgan fingerprint density at radius 3 is 2.53 bits per heavy atom. The molecule has 1 rings (SSSR count). The number of hydrogen-bond donors (Lipinski definition) is 1. The van der Waals surface area contributed by atoms with E-state index in [9.17, 15) is 0 Å². The van der Waals surface area contributed by atoms with E-state index in [0.717, 1.165) is 11.6 Å². The molecule has 84 valence electrons. The van der Waals surface area contributed by atoms with Gasteiger partial charge in [-0.3, -0.25) is 0 Å². The van der Waals surface area contributed by atoms with Gasteiger partial charge < -0.3 is 10.1 Å². The molecule has 1 N–H and O–H groups in total. The van der Waals surface area contributed by atoms with E-state index >= 15 is 0 Å². The van der Waals surface area contributed by atoms with Crippen LogP contribution in [0.1, 0.15) is 26.7 Å². The zero-order chi connectivity index (χ0) is 11.4. The first kappa shape index (κ1) is 12.6. The van der Waals surface area contributed by atoms with Crippen LogP contribution in [0.15, 0.2) is 12.3 Å². The van der Waals surface area contributed by atoms with Crippen molar-refractivity contribution in [2.45, 2.75) is 26.7 Å². The van der Waals surface area contributed by atoms with E-state index in [1.54, 1.807) is 0 Å². The molecule has 0 bridgehead atoms. The summed E-state index contributed by atoms with van der Waals surface area (Å²) in [5, 5.41) is 2.71. The van der Waals surface area contributed by atoms with Crippen LogP contribution in [0, 0.1) is 17.8 Å². The molecule has 0 amide bonds. The normalized spacial score (nSPS) is 20.0. The molecule has 1 heterocycles. The second-order valence-electron chi connectivity index (χ2n) is 5.18. The summed E-state index contributed by atoms with van der Waals surface area (Å²) in [4.78, 5) is 2.37. The molecule has 1 aliphatic rings. The lowest BCUT2D eigenvalue weighted by Crippen LogP contribution is -2.43. The van der Waals surface area contributed by atoms with Gasteiger partial charge in [0.2, 0.25) is 7.98 Å². The summed E-state index contributed by atoms with van der Waals surface area (Å²) in [6, 6.07) is 0. The van der Waals surface area contributed by atoms with Crippen LogP contribution in [-0.2, 0) is 0 Å². The van der Waals surface area contributed by atoms with Gasteiger partial charge in [0.05, 0.1) is 0 Å². The predicted molar refractivity (Wildman–Crippen MR) is 66.6 cm³/mol. The van der Waals surface area contributed by atoms with E-state index in [1.165, 1.54) is 25.9 Å². The van der Waals surface area contributed by atoms with Crippen LogP contribution in [0.25, 0.3) is 0 Å². The van der Waals surface area contributed by atoms with Gasteiger partial charge in [0.1, 0.15) is 0 Å². The lowest BCUT2D eigenvalue weighted by Gasteiger charge is -2.37. The Morgan fingerprint density at radius 1 is 1.53 bits per heavy atom. The summed E-state index contributed by atoms with van der Waals surface area (Å²) in [5.41, 5.74) is 0.984. The predicted octanol–water partition coefficient (Wildman–Crippen LogP) is 1.79. The molecule has 1 aliphatic heterocycles. The fourth-order valence-electron chi connectivity index (χ4n) is 2.44. The quantitative estimate of drug-likeness (QED) is 0.666. The summed E-state index contributed by atoms with van der Waals surface area (Å²) in [6.45, 7) is 11.0. The summed E-state index contributed by atoms with van der Waals surface area (Å²) in [6.07, 6.45) is 2.51. The van der Waals surface area contributed by atoms with E-state index in [0.29, 0.717) is 11.8 Å². The number of allylic oxidation sites excluding steroid dienone is 1. The van der Waals surface area contributed by atoms with E-state index in [-0.39, 0.29) is 0 Å². The van der Waals surface area contributed by atoms with E-state index in [2.05, 4.69) is 37.6 Å². The highest BCUT2D eigenvalue weighted by Gasteiger charge is 2.25. The van der Waals surface area contributed by atoms with Gasteiger partial charge in [-0.05, 0) is 43.3 Å². The number of likely N-dealkylation sites (tertiary alicyclic amines) is 1. The molecule has 15 heavy (non-hydrogen) atoms. The van der Waals surface area contributed by atoms with Crippen LogP contribution >= 0.6 is 0 Å². The number of nitrogens with one attached hydrogen (secondary N) is 1. The Kier molecular flexibility index (Phi) is 4.71. The topological polar surface area (TPSA) is 15.3 Å². The van der Waals surface area contributed by atoms with Gasteiger partial charge in [0, 0.05) is 13.1 Å². The second kappa shape index (κ2) is 5.59. The van der Waals surface area contributed by atoms with Crippen LogP contribution in [0.3, 0.4) is 0 Å². The van der Waals surface area contributed by atoms with Crippen LogP contribution < -0.4 is 5.23 Å². The lowest BCUT2D eigenvalue weighted by molar-refractivity contribution is 0.119. The van der Waals surface area contributed by atoms with Crippen molar-refractivity contribution < 1.29 is 0 Å². The van der Waals surface area contributed by atoms with Crippen molar-refractivity contribution in [3.63, 3.8) is 0 Å². The van der Waals surface area contributed by atoms with Crippen molar-refractivity contribution in [3.05, 3.63) is 12.3 Å². The first-order valence-electron chi connectivity index (χ1n) is 5.88. The molecule has 0 aromatic rings. The zero-order valence-corrected chi connectivity index (χ0v) is 10.3. The fourth-order valence-corrected chi connectivity index (χ4v) is 2.44. The fraction of sp³-hybridized carbons (Fsp3) is 0.833. The molecule has 2 radical (unpaired) electrons. The molecule has 3 heteroatoms. The van der Waals surface area contributed by atoms with Crippen molar-refractivity contribution in [1.29, 1.82) is 0 Å². The average Bonchev–Trinajstić information content (AvgIpc) is 2.14. The first-order valence-corrected chi connectivity index (χ1v) is 5.88. The minimum Gasteiger partial charge on any atom is -0.441 e. The molecule has 0 aromatic heterocycles. The Labute approximate surface area is 95.5 Å². The van der Waals surface area contributed by atoms with Gasteiger partial charge in [-0.25, -0.2) is 0 Å². The van der Waals surface area contributed by atoms with Gasteiger partial charge in [0.25, 0.3) is 0 Å². The molecule has 0 aromatic carbocycles. The molecule has 1 saturated heterocycles. The third-order valence-electron chi connectivity index (χ3n) is 3.46. The highest BCUT2D eigenvalue weighted by atomic mass is 15.2. The summed E-state index contributed by atoms with van der Waals surface area (Å²) in [7, 11) is 7.61. The van der Waals surface area contributed by atoms with Crippen LogP contribution in [-0.4, -0.2) is 33.0 Å². The largest absolute Gasteiger partial charge is 0.441 e. The molecular weight excluding hydrogens is 183 g/mol. The maximum Gasteiger partial charge on any atom is 0.222 e. The third-order valence-corrected chi connectivity index (χ3v) is 3.46. The molecule has 1 atom stereocenters. The average molecular weight is 206 g/mol. The SMILES string of the molecule is [B]NC(=C)C(CCC1CN(C)C1)C(C)C. The Bertz CT molecular complexity index is 210. The van der Waals surface area contributed by atoms with Crippen molar-refractivity contribution in [2.75, 3.05) is 20.1 Å². The van der Waals surface area contributed by atoms with Crippen molar-refractivity contribution >= 4 is 7.98 Å². The summed E-state index contributed by atoms with van der Waals surface area (Å²) < 4.78 is 0. The first-order chi connectivity index (χ1) is 7.04. The van der Waals surface area contributed by atoms with E-state index in [1.807, 2.05) is 0 Å². The maximum absolute atomic E-state index is 5.43. The van der Waals surface area contributed by atoms with E-state index in [4.69, 9.17) is 7.98 Å². The minimum atomic E-state index is 0.515. The highest BCUT2D eigenvalue weighted by molar-refractivity contribution is 6.05. The highest BCUT2D eigenvalue weighted by Crippen LogP contribution is 2.27. The van der Waals surface area contributed by atoms with Gasteiger partial charge in [-0.15, -0.1) is 0 Å². The number of nitrogens with zero attached hydrogens (tertiary/aromatic N) is 1. The van der Waals surface area contributed by atoms with Gasteiger partial charge in [-0.2, -0.15) is 0 Å². The standard InChI is InChI=1S/C12H23BN2/c1-9(2)12(10(3)14-13)6-5-11-7-15(4)8-11/h9,11-12,14H,3,5-8H2,1-2,4H3. The molecular formula is C12H23BN2. The second-order valence-corrected chi connectivity index (χ2v) is 5.18. The lowest BCUT2D eigenvalue weighted by atomic mass is 9.83. The number of rotatable bonds is 6. The summed E-state index contributed by atoms with van der Waals surface area (Å²) in [5.74, 6) is 2.02. The van der Waals surface area contributed by atoms with Crippen LogP contribution in [0.4, 0.5) is 0 Å². The maximum atomic E-state index is 5.43. The Balaban J connectivity index is 2.29. The smallest absolute Gasteiger partial charge is 0.222 e. The van der Waals surface area contributed by atoms with Crippen LogP contribution in [0.5, 0.6) is 0 Å². The van der Waals surface area contributed by atoms with Crippen molar-refractivity contribution in [1.82, 2.24) is 10.1 Å². The van der Waals surface area contributed by atoms with Gasteiger partial charge in [-0.1, -0.05) is 20.4 Å². The minimum absolute atomic E-state index is 0.515. The van der Waals surface area contributed by atoms with Crippen LogP contribution in [0.2, 0.25) is 0 Å². The molecule has 0 spiro atoms. The van der Waals surface area contributed by atoms with Crippen molar-refractivity contribution in [3.8, 4) is 0 Å². The Morgan fingerprint density at radius 2 is 2.13 bits per heavy atom. The van der Waals surface area contributed by atoms with E-state index < -0.39 is 0 Å². The Hall–Kier alpha value is -0.435. The number of hydrogen-bond acceptors (Lipinski definition) is 2. The molecule has 0 saturated carbocycles. The molecule has 1 unspecified atom stereocenters. The third kappa shape index (κ3) is 3.56.